The molecular weight excluding hydrogens is 892 g/mol. The molecule has 378 valence electrons. The van der Waals surface area contributed by atoms with Crippen LogP contribution in [0, 0.1) is 0 Å². The molecule has 22 fully saturated rings. The second kappa shape index (κ2) is 21.5. The maximum absolute atomic E-state index is 11.3. The van der Waals surface area contributed by atoms with Crippen LogP contribution in [-0.2, 0) is 56.8 Å². The molecule has 16 N–H and O–H groups in total. The van der Waals surface area contributed by atoms with Gasteiger partial charge in [-0.15, -0.1) is 0 Å². The van der Waals surface area contributed by atoms with E-state index in [2.05, 4.69) is 0 Å². The standard InChI is InChI=1S/C37H62O28/c1-3-9-27-15(43)21(49)33(55-9)63-29-11(5-39)56-34(22(50)16(29)44)60-26-8(2)54-32(20(48)14(26)42)62-28-10(4-38)58-36(24(52)17(28)45)65-31-13(7-41)59-37(25(53)19(31)47)64-30-12(6-40)57-35(61-27)23(51)18(30)46/h8-53H,3-7H2,1-2H3. The van der Waals surface area contributed by atoms with Crippen molar-refractivity contribution in [3.05, 3.63) is 0 Å². The lowest BCUT2D eigenvalue weighted by atomic mass is 9.94. The van der Waals surface area contributed by atoms with Gasteiger partial charge in [0.15, 0.2) is 37.7 Å². The first-order valence-corrected chi connectivity index (χ1v) is 21.3. The summed E-state index contributed by atoms with van der Waals surface area (Å²) in [6.45, 7) is -0.821. The molecule has 22 aliphatic rings. The van der Waals surface area contributed by atoms with E-state index in [0.717, 1.165) is 0 Å². The molecule has 0 aromatic carbocycles. The van der Waals surface area contributed by atoms with Gasteiger partial charge in [-0.25, -0.2) is 0 Å². The van der Waals surface area contributed by atoms with Crippen molar-refractivity contribution < 1.29 is 139 Å². The summed E-state index contributed by atoms with van der Waals surface area (Å²) in [5.41, 5.74) is 0. The molecule has 28 nitrogen and oxygen atoms in total. The van der Waals surface area contributed by atoms with Gasteiger partial charge in [0.2, 0.25) is 0 Å². The van der Waals surface area contributed by atoms with E-state index in [0.29, 0.717) is 0 Å². The highest BCUT2D eigenvalue weighted by molar-refractivity contribution is 5.00. The molecule has 0 radical (unpaired) electrons. The van der Waals surface area contributed by atoms with E-state index in [-0.39, 0.29) is 6.42 Å². The summed E-state index contributed by atoms with van der Waals surface area (Å²) in [5.74, 6) is 0. The fourth-order valence-electron chi connectivity index (χ4n) is 9.08. The van der Waals surface area contributed by atoms with Crippen LogP contribution in [0.5, 0.6) is 0 Å². The third-order valence-electron chi connectivity index (χ3n) is 12.9. The quantitative estimate of drug-likeness (QED) is 0.122. The monoisotopic (exact) mass is 954 g/mol. The first kappa shape index (κ1) is 51.7. The molecular formula is C37H62O28. The van der Waals surface area contributed by atoms with Crippen molar-refractivity contribution in [2.75, 3.05) is 26.4 Å². The SMILES string of the molecule is CCC1OC2OC3C(CO)OC(OC4C(C)OC(OC5C(CO)OC(OC6C(CO)OC(OC7C(CO)OC(OC1C(O)C2O)C(O)C7O)C(O)C6O)C(O)C5O)C(O)C4O)C(O)C3O. The Morgan fingerprint density at radius 3 is 0.708 bits per heavy atom. The minimum absolute atomic E-state index is 0.0211. The van der Waals surface area contributed by atoms with Crippen molar-refractivity contribution in [3.8, 4) is 0 Å². The van der Waals surface area contributed by atoms with Gasteiger partial charge in [-0.2, -0.15) is 0 Å². The Morgan fingerprint density at radius 1 is 0.262 bits per heavy atom. The fourth-order valence-corrected chi connectivity index (χ4v) is 9.08. The molecule has 0 aliphatic carbocycles. The molecule has 0 aromatic rings. The molecule has 65 heavy (non-hydrogen) atoms. The van der Waals surface area contributed by atoms with E-state index in [1.807, 2.05) is 0 Å². The van der Waals surface area contributed by atoms with E-state index < -0.39 is 211 Å². The lowest BCUT2D eigenvalue weighted by molar-refractivity contribution is -0.402. The van der Waals surface area contributed by atoms with E-state index >= 15 is 0 Å². The van der Waals surface area contributed by atoms with Gasteiger partial charge in [0.25, 0.3) is 0 Å². The summed E-state index contributed by atoms with van der Waals surface area (Å²) < 4.78 is 69.0. The van der Waals surface area contributed by atoms with Gasteiger partial charge in [0.1, 0.15) is 134 Å². The molecule has 22 saturated heterocycles. The molecule has 30 atom stereocenters. The Bertz CT molecular complexity index is 1490. The van der Waals surface area contributed by atoms with Gasteiger partial charge < -0.3 is 139 Å². The van der Waals surface area contributed by atoms with Crippen LogP contribution < -0.4 is 0 Å². The highest BCUT2D eigenvalue weighted by Crippen LogP contribution is 2.38. The number of ether oxygens (including phenoxy) is 12. The molecule has 28 heteroatoms. The third-order valence-corrected chi connectivity index (χ3v) is 12.9. The fraction of sp³-hybridized carbons (Fsp3) is 1.00. The second-order valence-corrected chi connectivity index (χ2v) is 17.1. The smallest absolute Gasteiger partial charge is 0.187 e. The summed E-state index contributed by atoms with van der Waals surface area (Å²) >= 11 is 0. The highest BCUT2D eigenvalue weighted by atomic mass is 16.8. The summed E-state index contributed by atoms with van der Waals surface area (Å²) in [4.78, 5) is 0. The second-order valence-electron chi connectivity index (χ2n) is 17.1. The molecule has 0 spiro atoms. The van der Waals surface area contributed by atoms with E-state index in [4.69, 9.17) is 56.8 Å². The van der Waals surface area contributed by atoms with Crippen molar-refractivity contribution in [2.45, 2.75) is 205 Å². The van der Waals surface area contributed by atoms with Gasteiger partial charge in [-0.05, 0) is 13.3 Å². The largest absolute Gasteiger partial charge is 0.394 e. The van der Waals surface area contributed by atoms with Crippen LogP contribution in [0.4, 0.5) is 0 Å². The van der Waals surface area contributed by atoms with Crippen molar-refractivity contribution in [3.63, 3.8) is 0 Å². The van der Waals surface area contributed by atoms with Crippen LogP contribution in [0.25, 0.3) is 0 Å². The lowest BCUT2D eigenvalue weighted by Gasteiger charge is -2.50. The average molecular weight is 955 g/mol. The zero-order valence-corrected chi connectivity index (χ0v) is 34.9. The van der Waals surface area contributed by atoms with Crippen LogP contribution in [0.1, 0.15) is 20.3 Å². The van der Waals surface area contributed by atoms with Crippen LogP contribution in [0.3, 0.4) is 0 Å². The number of hydrogen-bond donors (Lipinski definition) is 16. The Kier molecular flexibility index (Phi) is 17.1. The zero-order valence-electron chi connectivity index (χ0n) is 34.9. The first-order valence-electron chi connectivity index (χ1n) is 21.3. The third kappa shape index (κ3) is 9.97. The summed E-state index contributed by atoms with van der Waals surface area (Å²) in [7, 11) is 0. The van der Waals surface area contributed by atoms with Gasteiger partial charge in [0, 0.05) is 0 Å². The minimum Gasteiger partial charge on any atom is -0.394 e. The van der Waals surface area contributed by atoms with Crippen LogP contribution in [-0.4, -0.2) is 292 Å². The molecule has 0 aromatic heterocycles. The predicted octanol–water partition coefficient (Wildman–Crippen LogP) is -10.6. The summed E-state index contributed by atoms with van der Waals surface area (Å²) in [6.07, 6.45) is -54.3. The first-order chi connectivity index (χ1) is 30.9. The molecule has 22 rings (SSSR count). The van der Waals surface area contributed by atoms with Crippen LogP contribution in [0.2, 0.25) is 0 Å². The average Bonchev–Trinajstić information content (AvgIpc) is 3.29. The topological polar surface area (TPSA) is 434 Å². The Labute approximate surface area is 369 Å². The number of aliphatic hydroxyl groups is 16. The Balaban J connectivity index is 1.18. The molecule has 0 amide bonds. The van der Waals surface area contributed by atoms with Gasteiger partial charge in [-0.1, -0.05) is 6.92 Å². The van der Waals surface area contributed by atoms with Crippen molar-refractivity contribution >= 4 is 0 Å². The molecule has 0 saturated carbocycles. The molecule has 22 heterocycles. The number of hydrogen-bond acceptors (Lipinski definition) is 28. The Morgan fingerprint density at radius 2 is 0.462 bits per heavy atom. The van der Waals surface area contributed by atoms with Gasteiger partial charge in [0.05, 0.1) is 38.6 Å². The molecule has 22 aliphatic heterocycles. The normalized spacial score (nSPS) is 56.0. The van der Waals surface area contributed by atoms with Crippen LogP contribution in [0.15, 0.2) is 0 Å². The van der Waals surface area contributed by atoms with Gasteiger partial charge in [-0.3, -0.25) is 0 Å². The van der Waals surface area contributed by atoms with Gasteiger partial charge >= 0.3 is 0 Å². The lowest BCUT2D eigenvalue weighted by Crippen LogP contribution is -2.68. The van der Waals surface area contributed by atoms with Crippen molar-refractivity contribution in [2.24, 2.45) is 0 Å². The van der Waals surface area contributed by atoms with E-state index in [1.54, 1.807) is 6.92 Å². The minimum atomic E-state index is -2.10. The maximum Gasteiger partial charge on any atom is 0.187 e. The van der Waals surface area contributed by atoms with E-state index in [1.165, 1.54) is 6.92 Å². The van der Waals surface area contributed by atoms with Crippen molar-refractivity contribution in [1.29, 1.82) is 0 Å². The number of aliphatic hydroxyl groups excluding tert-OH is 16. The molecule has 12 bridgehead atoms. The Hall–Kier alpha value is -1.12. The van der Waals surface area contributed by atoms with E-state index in [9.17, 15) is 81.7 Å². The van der Waals surface area contributed by atoms with Crippen molar-refractivity contribution in [1.82, 2.24) is 0 Å². The summed E-state index contributed by atoms with van der Waals surface area (Å²) in [6, 6.07) is 0. The van der Waals surface area contributed by atoms with Crippen LogP contribution >= 0.6 is 0 Å². The highest BCUT2D eigenvalue weighted by Gasteiger charge is 2.58. The zero-order chi connectivity index (χ0) is 47.3. The predicted molar refractivity (Wildman–Crippen MR) is 198 cm³/mol. The maximum atomic E-state index is 11.3. The summed E-state index contributed by atoms with van der Waals surface area (Å²) in [5, 5.41) is 176. The number of rotatable bonds is 5. The molecule has 30 unspecified atom stereocenters.